The van der Waals surface area contributed by atoms with Gasteiger partial charge in [0, 0.05) is 24.7 Å². The number of hydrogen-bond donors (Lipinski definition) is 1. The molecule has 0 spiro atoms. The molecule has 1 saturated carbocycles. The van der Waals surface area contributed by atoms with E-state index in [4.69, 9.17) is 4.74 Å². The minimum atomic E-state index is -0.00948. The number of nitrogens with one attached hydrogen (secondary N) is 1. The second kappa shape index (κ2) is 6.49. The summed E-state index contributed by atoms with van der Waals surface area (Å²) in [6, 6.07) is 6.13. The summed E-state index contributed by atoms with van der Waals surface area (Å²) in [6.07, 6.45) is 3.15. The third kappa shape index (κ3) is 2.91. The molecular formula is C20H27N3O3. The third-order valence-corrected chi connectivity index (χ3v) is 5.81. The van der Waals surface area contributed by atoms with E-state index in [1.54, 1.807) is 7.11 Å². The number of fused-ring (bicyclic) bond motifs is 1. The van der Waals surface area contributed by atoms with Crippen molar-refractivity contribution in [3.05, 3.63) is 29.3 Å². The summed E-state index contributed by atoms with van der Waals surface area (Å²) in [5.74, 6) is 1.45. The van der Waals surface area contributed by atoms with E-state index in [0.29, 0.717) is 19.0 Å². The van der Waals surface area contributed by atoms with Crippen molar-refractivity contribution in [2.75, 3.05) is 20.2 Å². The first-order chi connectivity index (χ1) is 12.5. The molecule has 2 aliphatic heterocycles. The lowest BCUT2D eigenvalue weighted by molar-refractivity contribution is 0.0644. The zero-order chi connectivity index (χ0) is 18.4. The van der Waals surface area contributed by atoms with Crippen molar-refractivity contribution >= 4 is 11.9 Å². The maximum atomic E-state index is 13.0. The zero-order valence-corrected chi connectivity index (χ0v) is 15.7. The van der Waals surface area contributed by atoms with Gasteiger partial charge in [-0.3, -0.25) is 4.79 Å². The predicted molar refractivity (Wildman–Crippen MR) is 98.6 cm³/mol. The summed E-state index contributed by atoms with van der Waals surface area (Å²) >= 11 is 0. The van der Waals surface area contributed by atoms with Gasteiger partial charge < -0.3 is 19.9 Å². The Bertz CT molecular complexity index is 729. The molecule has 1 N–H and O–H groups in total. The number of benzene rings is 1. The predicted octanol–water partition coefficient (Wildman–Crippen LogP) is 2.59. The van der Waals surface area contributed by atoms with Crippen LogP contribution in [0, 0.1) is 0 Å². The average molecular weight is 357 g/mol. The molecule has 3 aliphatic rings. The van der Waals surface area contributed by atoms with E-state index >= 15 is 0 Å². The molecule has 3 amide bonds. The van der Waals surface area contributed by atoms with Gasteiger partial charge in [0.05, 0.1) is 19.2 Å². The van der Waals surface area contributed by atoms with Gasteiger partial charge >= 0.3 is 6.03 Å². The Morgan fingerprint density at radius 2 is 2.04 bits per heavy atom. The summed E-state index contributed by atoms with van der Waals surface area (Å²) < 4.78 is 5.45. The number of nitrogens with zero attached hydrogens (tertiary/aromatic N) is 2. The van der Waals surface area contributed by atoms with E-state index in [1.807, 2.05) is 41.8 Å². The first-order valence-electron chi connectivity index (χ1n) is 9.55. The van der Waals surface area contributed by atoms with Gasteiger partial charge in [-0.05, 0) is 62.8 Å². The highest BCUT2D eigenvalue weighted by molar-refractivity contribution is 5.95. The number of piperidine rings is 1. The van der Waals surface area contributed by atoms with E-state index < -0.39 is 0 Å². The minimum absolute atomic E-state index is 0.00948. The van der Waals surface area contributed by atoms with Crippen molar-refractivity contribution in [3.8, 4) is 5.75 Å². The number of urea groups is 1. The number of hydrogen-bond acceptors (Lipinski definition) is 3. The maximum absolute atomic E-state index is 13.0. The standard InChI is InChI=1S/C20H27N3O3/c1-12(2)23-17-8-9-22(11-16(17)21-20(23)25)19(24)14-6-7-18(26-3)15(10-14)13-4-5-13/h6-7,10,12-13,16-17H,4-5,8-9,11H2,1-3H3,(H,21,25)/t16-,17+/m1/s1. The Balaban J connectivity index is 1.50. The number of ether oxygens (including phenoxy) is 1. The monoisotopic (exact) mass is 357 g/mol. The second-order valence-corrected chi connectivity index (χ2v) is 7.90. The van der Waals surface area contributed by atoms with Crippen LogP contribution in [0.5, 0.6) is 5.75 Å². The van der Waals surface area contributed by atoms with Gasteiger partial charge in [0.1, 0.15) is 5.75 Å². The Hall–Kier alpha value is -2.24. The number of likely N-dealkylation sites (tertiary alicyclic amines) is 1. The van der Waals surface area contributed by atoms with Gasteiger partial charge in [-0.15, -0.1) is 0 Å². The molecule has 0 aromatic heterocycles. The summed E-state index contributed by atoms with van der Waals surface area (Å²) in [4.78, 5) is 29.1. The van der Waals surface area contributed by atoms with Gasteiger partial charge in [-0.1, -0.05) is 0 Å². The van der Waals surface area contributed by atoms with Crippen molar-refractivity contribution in [3.63, 3.8) is 0 Å². The topological polar surface area (TPSA) is 61.9 Å². The van der Waals surface area contributed by atoms with Gasteiger partial charge in [0.25, 0.3) is 5.91 Å². The van der Waals surface area contributed by atoms with Crippen LogP contribution in [0.2, 0.25) is 0 Å². The van der Waals surface area contributed by atoms with Crippen LogP contribution in [0.4, 0.5) is 4.79 Å². The van der Waals surface area contributed by atoms with Crippen molar-refractivity contribution < 1.29 is 14.3 Å². The van der Waals surface area contributed by atoms with Crippen LogP contribution in [0.1, 0.15) is 54.9 Å². The van der Waals surface area contributed by atoms with Crippen LogP contribution in [-0.2, 0) is 0 Å². The molecule has 26 heavy (non-hydrogen) atoms. The molecular weight excluding hydrogens is 330 g/mol. The Morgan fingerprint density at radius 3 is 2.69 bits per heavy atom. The third-order valence-electron chi connectivity index (χ3n) is 5.81. The lowest BCUT2D eigenvalue weighted by Crippen LogP contribution is -2.53. The molecule has 3 fully saturated rings. The van der Waals surface area contributed by atoms with E-state index in [-0.39, 0.29) is 30.1 Å². The quantitative estimate of drug-likeness (QED) is 0.901. The molecule has 4 rings (SSSR count). The minimum Gasteiger partial charge on any atom is -0.496 e. The molecule has 6 heteroatoms. The molecule has 140 valence electrons. The first-order valence-corrected chi connectivity index (χ1v) is 9.55. The number of rotatable bonds is 4. The summed E-state index contributed by atoms with van der Waals surface area (Å²) in [5, 5.41) is 3.05. The fraction of sp³-hybridized carbons (Fsp3) is 0.600. The van der Waals surface area contributed by atoms with Crippen molar-refractivity contribution in [1.82, 2.24) is 15.1 Å². The Labute approximate surface area is 154 Å². The largest absolute Gasteiger partial charge is 0.496 e. The van der Waals surface area contributed by atoms with Crippen molar-refractivity contribution in [1.29, 1.82) is 0 Å². The number of methoxy groups -OCH3 is 1. The molecule has 1 aliphatic carbocycles. The maximum Gasteiger partial charge on any atom is 0.318 e. The van der Waals surface area contributed by atoms with Gasteiger partial charge in [0.2, 0.25) is 0 Å². The highest BCUT2D eigenvalue weighted by Crippen LogP contribution is 2.44. The summed E-state index contributed by atoms with van der Waals surface area (Å²) in [5.41, 5.74) is 1.87. The number of carbonyl (C=O) groups excluding carboxylic acids is 2. The van der Waals surface area contributed by atoms with Crippen LogP contribution in [-0.4, -0.2) is 60.1 Å². The van der Waals surface area contributed by atoms with E-state index in [9.17, 15) is 9.59 Å². The SMILES string of the molecule is COc1ccc(C(=O)N2CC[C@H]3[C@@H](C2)NC(=O)N3C(C)C)cc1C1CC1. The van der Waals surface area contributed by atoms with Gasteiger partial charge in [-0.2, -0.15) is 0 Å². The molecule has 2 heterocycles. The van der Waals surface area contributed by atoms with Gasteiger partial charge in [-0.25, -0.2) is 4.79 Å². The lowest BCUT2D eigenvalue weighted by atomic mass is 9.97. The van der Waals surface area contributed by atoms with Crippen LogP contribution in [0.15, 0.2) is 18.2 Å². The smallest absolute Gasteiger partial charge is 0.318 e. The molecule has 1 aromatic carbocycles. The zero-order valence-electron chi connectivity index (χ0n) is 15.7. The molecule has 0 unspecified atom stereocenters. The highest BCUT2D eigenvalue weighted by atomic mass is 16.5. The van der Waals surface area contributed by atoms with Crippen molar-refractivity contribution in [2.45, 2.75) is 57.2 Å². The molecule has 2 atom stereocenters. The first kappa shape index (κ1) is 17.2. The summed E-state index contributed by atoms with van der Waals surface area (Å²) in [7, 11) is 1.68. The van der Waals surface area contributed by atoms with E-state index in [0.717, 1.165) is 23.3 Å². The molecule has 2 saturated heterocycles. The van der Waals surface area contributed by atoms with E-state index in [1.165, 1.54) is 12.8 Å². The molecule has 0 radical (unpaired) electrons. The second-order valence-electron chi connectivity index (χ2n) is 7.90. The number of amides is 3. The molecule has 1 aromatic rings. The van der Waals surface area contributed by atoms with E-state index in [2.05, 4.69) is 5.32 Å². The van der Waals surface area contributed by atoms with Gasteiger partial charge in [0.15, 0.2) is 0 Å². The van der Waals surface area contributed by atoms with Crippen LogP contribution in [0.3, 0.4) is 0 Å². The normalized spacial score (nSPS) is 25.3. The van der Waals surface area contributed by atoms with Crippen LogP contribution >= 0.6 is 0 Å². The summed E-state index contributed by atoms with van der Waals surface area (Å²) in [6.45, 7) is 5.33. The average Bonchev–Trinajstić information content (AvgIpc) is 3.41. The number of carbonyl (C=O) groups is 2. The molecule has 0 bridgehead atoms. The fourth-order valence-electron chi connectivity index (χ4n) is 4.36. The molecule has 6 nitrogen and oxygen atoms in total. The van der Waals surface area contributed by atoms with Crippen LogP contribution < -0.4 is 10.1 Å². The Morgan fingerprint density at radius 1 is 1.27 bits per heavy atom. The Kier molecular flexibility index (Phi) is 4.29. The lowest BCUT2D eigenvalue weighted by Gasteiger charge is -2.38. The van der Waals surface area contributed by atoms with Crippen molar-refractivity contribution in [2.24, 2.45) is 0 Å². The highest BCUT2D eigenvalue weighted by Gasteiger charge is 2.44. The fourth-order valence-corrected chi connectivity index (χ4v) is 4.36. The van der Waals surface area contributed by atoms with Crippen LogP contribution in [0.25, 0.3) is 0 Å².